The van der Waals surface area contributed by atoms with Gasteiger partial charge in [-0.15, -0.1) is 0 Å². The summed E-state index contributed by atoms with van der Waals surface area (Å²) in [5, 5.41) is 7.46. The molecule has 2 saturated heterocycles. The van der Waals surface area contributed by atoms with Crippen molar-refractivity contribution in [3.8, 4) is 11.4 Å². The van der Waals surface area contributed by atoms with Gasteiger partial charge < -0.3 is 14.4 Å². The number of ether oxygens (including phenoxy) is 2. The van der Waals surface area contributed by atoms with E-state index in [1.165, 1.54) is 10.3 Å². The second-order valence-corrected chi connectivity index (χ2v) is 8.49. The van der Waals surface area contributed by atoms with E-state index in [9.17, 15) is 0 Å². The van der Waals surface area contributed by atoms with Crippen molar-refractivity contribution in [1.82, 2.24) is 19.6 Å². The van der Waals surface area contributed by atoms with E-state index in [0.717, 1.165) is 74.2 Å². The molecule has 8 heteroatoms. The van der Waals surface area contributed by atoms with E-state index >= 15 is 0 Å². The number of aromatic nitrogens is 4. The Morgan fingerprint density at radius 2 is 2.04 bits per heavy atom. The number of H-pyrrole nitrogens is 1. The first-order chi connectivity index (χ1) is 13.7. The van der Waals surface area contributed by atoms with Crippen LogP contribution in [0.25, 0.3) is 21.6 Å². The van der Waals surface area contributed by atoms with Crippen molar-refractivity contribution in [3.63, 3.8) is 0 Å². The van der Waals surface area contributed by atoms with Gasteiger partial charge >= 0.3 is 0 Å². The van der Waals surface area contributed by atoms with Gasteiger partial charge in [0.1, 0.15) is 22.7 Å². The Bertz CT molecular complexity index is 978. The van der Waals surface area contributed by atoms with Crippen LogP contribution in [0.2, 0.25) is 0 Å². The minimum atomic E-state index is 0.309. The van der Waals surface area contributed by atoms with E-state index < -0.39 is 0 Å². The number of hydrogen-bond donors (Lipinski definition) is 1. The van der Waals surface area contributed by atoms with Crippen molar-refractivity contribution >= 4 is 27.6 Å². The fourth-order valence-electron chi connectivity index (χ4n) is 4.16. The molecule has 148 valence electrons. The largest absolute Gasteiger partial charge is 0.381 e. The van der Waals surface area contributed by atoms with Crippen LogP contribution in [0.3, 0.4) is 0 Å². The zero-order valence-electron chi connectivity index (χ0n) is 16.3. The van der Waals surface area contributed by atoms with Gasteiger partial charge in [-0.3, -0.25) is 5.10 Å². The number of anilines is 1. The third kappa shape index (κ3) is 3.19. The van der Waals surface area contributed by atoms with Crippen molar-refractivity contribution in [2.24, 2.45) is 0 Å². The van der Waals surface area contributed by atoms with Gasteiger partial charge in [-0.2, -0.15) is 9.47 Å². The molecular formula is C20H25N5O2S. The standard InChI is InChI=1S/C20H25N5O2S/c1-12-9-16(23-22-12)18-19-20(28-24-18)15(14-3-6-26-7-4-14)10-17(21-19)25-5-8-27-11-13(25)2/h9-10,13-14H,3-8,11H2,1-2H3,(H,22,23)/t13-/m1/s1. The summed E-state index contributed by atoms with van der Waals surface area (Å²) in [5.74, 6) is 1.52. The molecule has 3 aromatic rings. The molecule has 3 aromatic heterocycles. The summed E-state index contributed by atoms with van der Waals surface area (Å²) in [5.41, 5.74) is 5.09. The lowest BCUT2D eigenvalue weighted by molar-refractivity contribution is 0.0856. The predicted octanol–water partition coefficient (Wildman–Crippen LogP) is 3.51. The molecule has 2 fully saturated rings. The van der Waals surface area contributed by atoms with E-state index in [-0.39, 0.29) is 0 Å². The molecule has 5 rings (SSSR count). The van der Waals surface area contributed by atoms with Crippen LogP contribution in [0, 0.1) is 6.92 Å². The zero-order chi connectivity index (χ0) is 19.1. The number of rotatable bonds is 3. The lowest BCUT2D eigenvalue weighted by Crippen LogP contribution is -2.44. The average Bonchev–Trinajstić information content (AvgIpc) is 3.34. The van der Waals surface area contributed by atoms with Crippen LogP contribution in [0.4, 0.5) is 5.82 Å². The molecule has 28 heavy (non-hydrogen) atoms. The summed E-state index contributed by atoms with van der Waals surface area (Å²) >= 11 is 1.54. The second-order valence-electron chi connectivity index (χ2n) is 7.72. The number of aryl methyl sites for hydroxylation is 1. The maximum absolute atomic E-state index is 5.64. The Balaban J connectivity index is 1.67. The second kappa shape index (κ2) is 7.42. The highest BCUT2D eigenvalue weighted by Gasteiger charge is 2.27. The highest BCUT2D eigenvalue weighted by Crippen LogP contribution is 2.40. The summed E-state index contributed by atoms with van der Waals surface area (Å²) in [4.78, 5) is 7.45. The third-order valence-corrected chi connectivity index (χ3v) is 6.60. The molecule has 0 saturated carbocycles. The summed E-state index contributed by atoms with van der Waals surface area (Å²) < 4.78 is 17.2. The lowest BCUT2D eigenvalue weighted by Gasteiger charge is -2.35. The van der Waals surface area contributed by atoms with Gasteiger partial charge in [-0.25, -0.2) is 4.98 Å². The number of fused-ring (bicyclic) bond motifs is 1. The minimum Gasteiger partial charge on any atom is -0.381 e. The summed E-state index contributed by atoms with van der Waals surface area (Å²) in [7, 11) is 0. The van der Waals surface area contributed by atoms with Gasteiger partial charge in [0.15, 0.2) is 0 Å². The number of hydrogen-bond acceptors (Lipinski definition) is 7. The first-order valence-electron chi connectivity index (χ1n) is 9.95. The van der Waals surface area contributed by atoms with Gasteiger partial charge in [0.2, 0.25) is 0 Å². The van der Waals surface area contributed by atoms with Crippen LogP contribution in [0.5, 0.6) is 0 Å². The predicted molar refractivity (Wildman–Crippen MR) is 110 cm³/mol. The number of aromatic amines is 1. The van der Waals surface area contributed by atoms with Crippen LogP contribution >= 0.6 is 11.5 Å². The van der Waals surface area contributed by atoms with Crippen LogP contribution < -0.4 is 4.90 Å². The number of pyridine rings is 1. The Kier molecular flexibility index (Phi) is 4.78. The van der Waals surface area contributed by atoms with Crippen molar-refractivity contribution in [3.05, 3.63) is 23.4 Å². The molecule has 1 atom stereocenters. The van der Waals surface area contributed by atoms with Crippen LogP contribution in [0.1, 0.15) is 36.9 Å². The van der Waals surface area contributed by atoms with Crippen LogP contribution in [-0.2, 0) is 9.47 Å². The maximum atomic E-state index is 5.64. The fraction of sp³-hybridized carbons (Fsp3) is 0.550. The molecule has 0 aromatic carbocycles. The van der Waals surface area contributed by atoms with Crippen LogP contribution in [-0.4, -0.2) is 58.6 Å². The Labute approximate surface area is 168 Å². The summed E-state index contributed by atoms with van der Waals surface area (Å²) in [6.07, 6.45) is 2.10. The van der Waals surface area contributed by atoms with E-state index in [2.05, 4.69) is 28.1 Å². The van der Waals surface area contributed by atoms with Crippen LogP contribution in [0.15, 0.2) is 12.1 Å². The number of nitrogens with zero attached hydrogens (tertiary/aromatic N) is 4. The first-order valence-corrected chi connectivity index (χ1v) is 10.7. The topological polar surface area (TPSA) is 76.2 Å². The Hall–Kier alpha value is -2.03. The lowest BCUT2D eigenvalue weighted by atomic mass is 9.91. The molecule has 0 amide bonds. The molecule has 2 aliphatic rings. The van der Waals surface area contributed by atoms with Crippen molar-refractivity contribution < 1.29 is 9.47 Å². The summed E-state index contributed by atoms with van der Waals surface area (Å²) in [6.45, 7) is 8.19. The SMILES string of the molecule is Cc1cc(-c2nsc3c(C4CCOCC4)cc(N4CCOC[C@H]4C)nc23)n[nH]1. The van der Waals surface area contributed by atoms with E-state index in [0.29, 0.717) is 12.0 Å². The van der Waals surface area contributed by atoms with Gasteiger partial charge in [0.05, 0.1) is 24.0 Å². The van der Waals surface area contributed by atoms with E-state index in [1.807, 2.05) is 13.0 Å². The molecule has 0 bridgehead atoms. The molecule has 7 nitrogen and oxygen atoms in total. The van der Waals surface area contributed by atoms with Gasteiger partial charge in [-0.1, -0.05) is 0 Å². The number of morpholine rings is 1. The molecular weight excluding hydrogens is 374 g/mol. The van der Waals surface area contributed by atoms with Crippen molar-refractivity contribution in [2.75, 3.05) is 37.9 Å². The quantitative estimate of drug-likeness (QED) is 0.726. The maximum Gasteiger partial charge on any atom is 0.131 e. The van der Waals surface area contributed by atoms with Gasteiger partial charge in [-0.05, 0) is 61.8 Å². The zero-order valence-corrected chi connectivity index (χ0v) is 17.1. The highest BCUT2D eigenvalue weighted by molar-refractivity contribution is 7.13. The average molecular weight is 400 g/mol. The van der Waals surface area contributed by atoms with Gasteiger partial charge in [0.25, 0.3) is 0 Å². The smallest absolute Gasteiger partial charge is 0.131 e. The normalized spacial score (nSPS) is 21.5. The Morgan fingerprint density at radius 3 is 2.79 bits per heavy atom. The molecule has 0 aliphatic carbocycles. The molecule has 0 radical (unpaired) electrons. The minimum absolute atomic E-state index is 0.309. The summed E-state index contributed by atoms with van der Waals surface area (Å²) in [6, 6.07) is 4.63. The van der Waals surface area contributed by atoms with Crippen molar-refractivity contribution in [1.29, 1.82) is 0 Å². The molecule has 0 spiro atoms. The molecule has 2 aliphatic heterocycles. The molecule has 0 unspecified atom stereocenters. The fourth-order valence-corrected chi connectivity index (χ4v) is 5.09. The first kappa shape index (κ1) is 18.0. The Morgan fingerprint density at radius 1 is 1.18 bits per heavy atom. The van der Waals surface area contributed by atoms with E-state index in [4.69, 9.17) is 18.8 Å². The monoisotopic (exact) mass is 399 g/mol. The van der Waals surface area contributed by atoms with Crippen molar-refractivity contribution in [2.45, 2.75) is 38.6 Å². The number of nitrogens with one attached hydrogen (secondary N) is 1. The molecule has 1 N–H and O–H groups in total. The molecule has 5 heterocycles. The third-order valence-electron chi connectivity index (χ3n) is 5.71. The van der Waals surface area contributed by atoms with E-state index in [1.54, 1.807) is 11.5 Å². The highest BCUT2D eigenvalue weighted by atomic mass is 32.1. The van der Waals surface area contributed by atoms with Gasteiger partial charge in [0, 0.05) is 25.5 Å².